The number of benzene rings is 1. The molecule has 1 aromatic carbocycles. The topological polar surface area (TPSA) is 36.6 Å². The summed E-state index contributed by atoms with van der Waals surface area (Å²) in [6.07, 6.45) is 4.15. The first kappa shape index (κ1) is 14.4. The molecule has 0 saturated carbocycles. The Balaban J connectivity index is 1.92. The van der Waals surface area contributed by atoms with Crippen LogP contribution in [0.2, 0.25) is 0 Å². The zero-order chi connectivity index (χ0) is 14.7. The molecule has 21 heavy (non-hydrogen) atoms. The van der Waals surface area contributed by atoms with Crippen molar-refractivity contribution in [3.05, 3.63) is 60.1 Å². The molecule has 0 bridgehead atoms. The lowest BCUT2D eigenvalue weighted by atomic mass is 9.80. The van der Waals surface area contributed by atoms with Crippen LogP contribution in [0.5, 0.6) is 0 Å². The molecular weight excluding hydrogens is 262 g/mol. The van der Waals surface area contributed by atoms with Gasteiger partial charge in [0.2, 0.25) is 0 Å². The van der Waals surface area contributed by atoms with Crippen molar-refractivity contribution < 1.29 is 9.52 Å². The average molecular weight is 285 g/mol. The van der Waals surface area contributed by atoms with E-state index in [0.29, 0.717) is 5.76 Å². The third-order valence-corrected chi connectivity index (χ3v) is 4.55. The van der Waals surface area contributed by atoms with Gasteiger partial charge in [-0.15, -0.1) is 0 Å². The minimum Gasteiger partial charge on any atom is -0.466 e. The van der Waals surface area contributed by atoms with Gasteiger partial charge in [0.1, 0.15) is 5.76 Å². The summed E-state index contributed by atoms with van der Waals surface area (Å²) in [5.74, 6) is 0.685. The highest BCUT2D eigenvalue weighted by atomic mass is 16.4. The maximum atomic E-state index is 11.5. The molecule has 1 aliphatic heterocycles. The van der Waals surface area contributed by atoms with E-state index in [4.69, 9.17) is 4.42 Å². The SMILES string of the molecule is CC(CN1CCCC1)C(O)(c1ccccc1)c1ccco1. The molecule has 0 amide bonds. The summed E-state index contributed by atoms with van der Waals surface area (Å²) in [6, 6.07) is 13.6. The van der Waals surface area contributed by atoms with E-state index in [9.17, 15) is 5.11 Å². The van der Waals surface area contributed by atoms with E-state index >= 15 is 0 Å². The van der Waals surface area contributed by atoms with Crippen molar-refractivity contribution in [1.29, 1.82) is 0 Å². The summed E-state index contributed by atoms with van der Waals surface area (Å²) in [7, 11) is 0. The summed E-state index contributed by atoms with van der Waals surface area (Å²) in [5, 5.41) is 11.5. The van der Waals surface area contributed by atoms with Crippen molar-refractivity contribution in [3.63, 3.8) is 0 Å². The van der Waals surface area contributed by atoms with E-state index in [1.54, 1.807) is 6.26 Å². The van der Waals surface area contributed by atoms with Gasteiger partial charge in [0.05, 0.1) is 6.26 Å². The van der Waals surface area contributed by atoms with Crippen LogP contribution >= 0.6 is 0 Å². The molecular formula is C18H23NO2. The van der Waals surface area contributed by atoms with Crippen molar-refractivity contribution in [2.75, 3.05) is 19.6 Å². The summed E-state index contributed by atoms with van der Waals surface area (Å²) in [6.45, 7) is 5.25. The molecule has 1 saturated heterocycles. The Labute approximate surface area is 126 Å². The lowest BCUT2D eigenvalue weighted by molar-refractivity contribution is -0.00795. The number of likely N-dealkylation sites (tertiary alicyclic amines) is 1. The second-order valence-electron chi connectivity index (χ2n) is 6.02. The van der Waals surface area contributed by atoms with Crippen LogP contribution in [-0.4, -0.2) is 29.6 Å². The fraction of sp³-hybridized carbons (Fsp3) is 0.444. The Morgan fingerprint density at radius 1 is 1.14 bits per heavy atom. The van der Waals surface area contributed by atoms with Crippen molar-refractivity contribution in [2.24, 2.45) is 5.92 Å². The summed E-state index contributed by atoms with van der Waals surface area (Å²) in [4.78, 5) is 2.43. The number of hydrogen-bond acceptors (Lipinski definition) is 3. The highest BCUT2D eigenvalue weighted by molar-refractivity contribution is 5.32. The highest BCUT2D eigenvalue weighted by Gasteiger charge is 2.41. The van der Waals surface area contributed by atoms with Crippen LogP contribution in [0.4, 0.5) is 0 Å². The van der Waals surface area contributed by atoms with Gasteiger partial charge in [0.15, 0.2) is 5.60 Å². The van der Waals surface area contributed by atoms with Crippen LogP contribution < -0.4 is 0 Å². The number of hydrogen-bond donors (Lipinski definition) is 1. The Kier molecular flexibility index (Phi) is 4.13. The smallest absolute Gasteiger partial charge is 0.151 e. The molecule has 3 heteroatoms. The summed E-state index contributed by atoms with van der Waals surface area (Å²) < 4.78 is 5.57. The second-order valence-corrected chi connectivity index (χ2v) is 6.02. The first-order chi connectivity index (χ1) is 10.2. The summed E-state index contributed by atoms with van der Waals surface area (Å²) >= 11 is 0. The Bertz CT molecular complexity index is 546. The molecule has 0 radical (unpaired) electrons. The molecule has 2 atom stereocenters. The number of nitrogens with zero attached hydrogens (tertiary/aromatic N) is 1. The van der Waals surface area contributed by atoms with Crippen LogP contribution in [0.25, 0.3) is 0 Å². The Morgan fingerprint density at radius 3 is 2.48 bits per heavy atom. The predicted molar refractivity (Wildman–Crippen MR) is 83.0 cm³/mol. The molecule has 0 aliphatic carbocycles. The molecule has 3 nitrogen and oxygen atoms in total. The maximum absolute atomic E-state index is 11.5. The van der Waals surface area contributed by atoms with Crippen LogP contribution in [0, 0.1) is 5.92 Å². The van der Waals surface area contributed by atoms with Gasteiger partial charge in [0.25, 0.3) is 0 Å². The minimum absolute atomic E-state index is 0.0594. The largest absolute Gasteiger partial charge is 0.466 e. The van der Waals surface area contributed by atoms with Crippen LogP contribution in [-0.2, 0) is 5.60 Å². The van der Waals surface area contributed by atoms with Crippen molar-refractivity contribution in [2.45, 2.75) is 25.4 Å². The van der Waals surface area contributed by atoms with E-state index < -0.39 is 5.60 Å². The lowest BCUT2D eigenvalue weighted by Crippen LogP contribution is -2.41. The molecule has 1 aromatic heterocycles. The molecule has 1 fully saturated rings. The lowest BCUT2D eigenvalue weighted by Gasteiger charge is -2.35. The van der Waals surface area contributed by atoms with Crippen LogP contribution in [0.1, 0.15) is 31.1 Å². The zero-order valence-electron chi connectivity index (χ0n) is 12.5. The van der Waals surface area contributed by atoms with Gasteiger partial charge in [-0.2, -0.15) is 0 Å². The molecule has 1 N–H and O–H groups in total. The fourth-order valence-corrected chi connectivity index (χ4v) is 3.34. The van der Waals surface area contributed by atoms with Crippen molar-refractivity contribution in [1.82, 2.24) is 4.90 Å². The van der Waals surface area contributed by atoms with Crippen LogP contribution in [0.15, 0.2) is 53.1 Å². The van der Waals surface area contributed by atoms with E-state index in [1.165, 1.54) is 12.8 Å². The standard InChI is InChI=1S/C18H23NO2/c1-15(14-19-11-5-6-12-19)18(20,17-10-7-13-21-17)16-8-3-2-4-9-16/h2-4,7-10,13,15,20H,5-6,11-12,14H2,1H3. The van der Waals surface area contributed by atoms with Gasteiger partial charge in [-0.3, -0.25) is 0 Å². The monoisotopic (exact) mass is 285 g/mol. The first-order valence-electron chi connectivity index (χ1n) is 7.75. The Morgan fingerprint density at radius 2 is 1.86 bits per heavy atom. The number of furan rings is 1. The summed E-state index contributed by atoms with van der Waals surface area (Å²) in [5.41, 5.74) is -0.181. The molecule has 112 valence electrons. The first-order valence-corrected chi connectivity index (χ1v) is 7.75. The molecule has 2 aromatic rings. The highest BCUT2D eigenvalue weighted by Crippen LogP contribution is 2.37. The van der Waals surface area contributed by atoms with E-state index in [2.05, 4.69) is 11.8 Å². The second kappa shape index (κ2) is 6.04. The molecule has 3 rings (SSSR count). The van der Waals surface area contributed by atoms with E-state index in [-0.39, 0.29) is 5.92 Å². The number of rotatable bonds is 5. The fourth-order valence-electron chi connectivity index (χ4n) is 3.34. The third kappa shape index (κ3) is 2.76. The molecule has 0 spiro atoms. The average Bonchev–Trinajstić information content (AvgIpc) is 3.20. The zero-order valence-corrected chi connectivity index (χ0v) is 12.5. The van der Waals surface area contributed by atoms with E-state index in [0.717, 1.165) is 25.2 Å². The van der Waals surface area contributed by atoms with Gasteiger partial charge >= 0.3 is 0 Å². The Hall–Kier alpha value is -1.58. The van der Waals surface area contributed by atoms with Crippen LogP contribution in [0.3, 0.4) is 0 Å². The van der Waals surface area contributed by atoms with Gasteiger partial charge in [0, 0.05) is 12.5 Å². The predicted octanol–water partition coefficient (Wildman–Crippen LogP) is 3.25. The molecule has 2 unspecified atom stereocenters. The van der Waals surface area contributed by atoms with Gasteiger partial charge in [-0.25, -0.2) is 0 Å². The van der Waals surface area contributed by atoms with Crippen molar-refractivity contribution >= 4 is 0 Å². The van der Waals surface area contributed by atoms with Crippen molar-refractivity contribution in [3.8, 4) is 0 Å². The normalized spacial score (nSPS) is 20.3. The van der Waals surface area contributed by atoms with Gasteiger partial charge in [-0.05, 0) is 43.6 Å². The molecule has 1 aliphatic rings. The maximum Gasteiger partial charge on any atom is 0.151 e. The van der Waals surface area contributed by atoms with E-state index in [1.807, 2.05) is 42.5 Å². The minimum atomic E-state index is -1.08. The number of aliphatic hydroxyl groups is 1. The quantitative estimate of drug-likeness (QED) is 0.916. The van der Waals surface area contributed by atoms with Gasteiger partial charge in [-0.1, -0.05) is 37.3 Å². The third-order valence-electron chi connectivity index (χ3n) is 4.55. The van der Waals surface area contributed by atoms with Gasteiger partial charge < -0.3 is 14.4 Å². The molecule has 2 heterocycles.